The first-order chi connectivity index (χ1) is 9.44. The fraction of sp³-hybridized carbons (Fsp3) is 0.875. The molecule has 0 saturated carbocycles. The summed E-state index contributed by atoms with van der Waals surface area (Å²) in [4.78, 5) is 20.9. The number of unbranched alkanes of at least 4 members (excludes halogenated alkanes) is 2. The maximum atomic E-state index is 10.4. The van der Waals surface area contributed by atoms with E-state index >= 15 is 0 Å². The van der Waals surface area contributed by atoms with Crippen LogP contribution in [0.15, 0.2) is 0 Å². The third-order valence-corrected chi connectivity index (χ3v) is 3.50. The topological polar surface area (TPSA) is 106 Å². The van der Waals surface area contributed by atoms with E-state index in [-0.39, 0.29) is 34.7 Å². The first-order valence-corrected chi connectivity index (χ1v) is 7.89. The van der Waals surface area contributed by atoms with Gasteiger partial charge >= 0.3 is 11.9 Å². The minimum atomic E-state index is -0.643. The van der Waals surface area contributed by atoms with Gasteiger partial charge in [-0.2, -0.15) is 0 Å². The van der Waals surface area contributed by atoms with Crippen molar-refractivity contribution in [1.29, 1.82) is 0 Å². The molecule has 22 heavy (non-hydrogen) atoms. The normalized spacial score (nSPS) is 11.8. The molecule has 1 radical (unpaired) electrons. The first-order valence-electron chi connectivity index (χ1n) is 7.89. The molecule has 5 nitrogen and oxygen atoms in total. The smallest absolute Gasteiger partial charge is 0.306 e. The van der Waals surface area contributed by atoms with Gasteiger partial charge in [-0.05, 0) is 25.7 Å². The van der Waals surface area contributed by atoms with E-state index < -0.39 is 11.9 Å². The molecule has 6 heteroatoms. The second kappa shape index (κ2) is 20.4. The fourth-order valence-corrected chi connectivity index (χ4v) is 1.91. The van der Waals surface area contributed by atoms with Crippen molar-refractivity contribution >= 4 is 29.3 Å². The number of carboxylic acids is 2. The summed E-state index contributed by atoms with van der Waals surface area (Å²) < 4.78 is 0. The Hall–Kier alpha value is -0.568. The zero-order valence-electron chi connectivity index (χ0n) is 15.0. The van der Waals surface area contributed by atoms with Gasteiger partial charge in [-0.1, -0.05) is 53.4 Å². The van der Waals surface area contributed by atoms with E-state index in [1.165, 1.54) is 0 Å². The minimum Gasteiger partial charge on any atom is -0.481 e. The lowest BCUT2D eigenvalue weighted by Crippen LogP contribution is -2.11. The van der Waals surface area contributed by atoms with Crippen molar-refractivity contribution in [1.82, 2.24) is 0 Å². The van der Waals surface area contributed by atoms with Crippen LogP contribution in [0, 0.1) is 11.8 Å². The van der Waals surface area contributed by atoms with Gasteiger partial charge in [0.05, 0.1) is 11.8 Å². The summed E-state index contributed by atoms with van der Waals surface area (Å²) in [6, 6.07) is 0. The van der Waals surface area contributed by atoms with Gasteiger partial charge in [0.25, 0.3) is 0 Å². The van der Waals surface area contributed by atoms with Crippen LogP contribution in [0.5, 0.6) is 0 Å². The van der Waals surface area contributed by atoms with Crippen molar-refractivity contribution in [3.8, 4) is 0 Å². The predicted octanol–water partition coefficient (Wildman–Crippen LogP) is 2.83. The Bertz CT molecular complexity index is 233. The van der Waals surface area contributed by atoms with Gasteiger partial charge in [0.15, 0.2) is 0 Å². The monoisotopic (exact) mass is 335 g/mol. The van der Waals surface area contributed by atoms with Crippen molar-refractivity contribution in [2.45, 2.75) is 79.1 Å². The maximum Gasteiger partial charge on any atom is 0.306 e. The quantitative estimate of drug-likeness (QED) is 0.599. The highest BCUT2D eigenvalue weighted by atomic mass is 27.0. The molecule has 0 aliphatic rings. The van der Waals surface area contributed by atoms with E-state index in [1.807, 2.05) is 13.8 Å². The summed E-state index contributed by atoms with van der Waals surface area (Å²) in [5.74, 6) is -1.51. The van der Waals surface area contributed by atoms with Crippen LogP contribution in [0.4, 0.5) is 0 Å². The summed E-state index contributed by atoms with van der Waals surface area (Å²) in [6.07, 6.45) is 7.43. The van der Waals surface area contributed by atoms with E-state index in [9.17, 15) is 9.59 Å². The molecule has 0 aromatic carbocycles. The highest BCUT2D eigenvalue weighted by Gasteiger charge is 2.13. The number of aliphatic carboxylic acids is 2. The van der Waals surface area contributed by atoms with Crippen LogP contribution >= 0.6 is 0 Å². The zero-order valence-corrected chi connectivity index (χ0v) is 17.0. The maximum absolute atomic E-state index is 10.4. The Kier molecular flexibility index (Phi) is 27.3. The van der Waals surface area contributed by atoms with E-state index in [0.717, 1.165) is 51.4 Å². The van der Waals surface area contributed by atoms with E-state index in [4.69, 9.17) is 10.2 Å². The van der Waals surface area contributed by atoms with E-state index in [1.54, 1.807) is 0 Å². The van der Waals surface area contributed by atoms with Crippen LogP contribution in [0.1, 0.15) is 79.1 Å². The molecule has 0 fully saturated rings. The molecule has 0 amide bonds. The number of carboxylic acid groups (broad SMARTS) is 2. The summed E-state index contributed by atoms with van der Waals surface area (Å²) >= 11 is 0. The molecule has 0 heterocycles. The van der Waals surface area contributed by atoms with E-state index in [2.05, 4.69) is 13.8 Å². The van der Waals surface area contributed by atoms with E-state index in [0.29, 0.717) is 0 Å². The minimum absolute atomic E-state index is 0. The summed E-state index contributed by atoms with van der Waals surface area (Å²) in [6.45, 7) is 8.01. The molecule has 0 aliphatic carbocycles. The number of hydrogen-bond acceptors (Lipinski definition) is 2. The summed E-state index contributed by atoms with van der Waals surface area (Å²) in [7, 11) is 0. The molecule has 4 N–H and O–H groups in total. The average Bonchev–Trinajstić information content (AvgIpc) is 2.40. The van der Waals surface area contributed by atoms with Crippen molar-refractivity contribution in [3.63, 3.8) is 0 Å². The Morgan fingerprint density at radius 2 is 1.05 bits per heavy atom. The van der Waals surface area contributed by atoms with Crippen LogP contribution in [0.2, 0.25) is 0 Å². The number of hydrogen-bond donors (Lipinski definition) is 2. The van der Waals surface area contributed by atoms with Gasteiger partial charge in [-0.15, -0.1) is 0 Å². The van der Waals surface area contributed by atoms with Crippen molar-refractivity contribution in [2.24, 2.45) is 11.8 Å². The fourth-order valence-electron chi connectivity index (χ4n) is 1.91. The van der Waals surface area contributed by atoms with Crippen molar-refractivity contribution < 1.29 is 25.3 Å². The standard InChI is InChI=1S/2C8H16O2.Al.H2O.2H/c2*1-3-5-6-7(4-2)8(9)10;;;;/h2*7H,3-6H2,1-2H3,(H,9,10);;1H2;;. The molecule has 0 aliphatic heterocycles. The van der Waals surface area contributed by atoms with Gasteiger partial charge in [-0.25, -0.2) is 0 Å². The van der Waals surface area contributed by atoms with Crippen LogP contribution in [-0.2, 0) is 9.59 Å². The van der Waals surface area contributed by atoms with Crippen LogP contribution in [-0.4, -0.2) is 45.0 Å². The third kappa shape index (κ3) is 17.5. The lowest BCUT2D eigenvalue weighted by atomic mass is 10.00. The van der Waals surface area contributed by atoms with Gasteiger partial charge in [0.2, 0.25) is 0 Å². The highest BCUT2D eigenvalue weighted by molar-refractivity contribution is 5.75. The Balaban J connectivity index is -0.000000135. The van der Waals surface area contributed by atoms with Crippen LogP contribution in [0.3, 0.4) is 0 Å². The average molecular weight is 335 g/mol. The van der Waals surface area contributed by atoms with Crippen molar-refractivity contribution in [2.75, 3.05) is 0 Å². The second-order valence-electron chi connectivity index (χ2n) is 5.17. The third-order valence-electron chi connectivity index (χ3n) is 3.50. The molecule has 133 valence electrons. The summed E-state index contributed by atoms with van der Waals surface area (Å²) in [5, 5.41) is 17.2. The lowest BCUT2D eigenvalue weighted by molar-refractivity contribution is -0.143. The Morgan fingerprint density at radius 1 is 0.773 bits per heavy atom. The molecule has 0 aromatic rings. The lowest BCUT2D eigenvalue weighted by Gasteiger charge is -2.06. The Morgan fingerprint density at radius 3 is 1.18 bits per heavy atom. The number of carbonyl (C=O) groups is 2. The molecular weight excluding hydrogens is 299 g/mol. The van der Waals surface area contributed by atoms with Gasteiger partial charge in [-0.3, -0.25) is 9.59 Å². The van der Waals surface area contributed by atoms with Gasteiger partial charge in [0.1, 0.15) is 17.4 Å². The van der Waals surface area contributed by atoms with Crippen LogP contribution < -0.4 is 0 Å². The first kappa shape index (κ1) is 29.4. The van der Waals surface area contributed by atoms with Crippen molar-refractivity contribution in [3.05, 3.63) is 0 Å². The molecule has 0 spiro atoms. The molecule has 0 aromatic heterocycles. The molecule has 0 rings (SSSR count). The summed E-state index contributed by atoms with van der Waals surface area (Å²) in [5.41, 5.74) is 0. The van der Waals surface area contributed by atoms with Gasteiger partial charge < -0.3 is 15.7 Å². The van der Waals surface area contributed by atoms with Gasteiger partial charge in [0, 0.05) is 0 Å². The molecule has 0 bridgehead atoms. The SMILES string of the molecule is CCCCC(CC)C(=O)O.CCCCC(CC)C(=O)O.O.[AlH2]. The predicted molar refractivity (Wildman–Crippen MR) is 94.0 cm³/mol. The molecule has 2 atom stereocenters. The van der Waals surface area contributed by atoms with Crippen LogP contribution in [0.25, 0.3) is 0 Å². The number of rotatable bonds is 10. The molecule has 0 saturated heterocycles. The Labute approximate surface area is 145 Å². The largest absolute Gasteiger partial charge is 0.481 e. The highest BCUT2D eigenvalue weighted by Crippen LogP contribution is 2.12. The molecule has 2 unspecified atom stereocenters. The zero-order chi connectivity index (χ0) is 16.0. The molecular formula is C16H36AlO5. The second-order valence-corrected chi connectivity index (χ2v) is 5.17.